The van der Waals surface area contributed by atoms with Crippen LogP contribution in [0.15, 0.2) is 12.0 Å². The summed E-state index contributed by atoms with van der Waals surface area (Å²) in [5.74, 6) is 0.739. The van der Waals surface area contributed by atoms with Gasteiger partial charge in [-0.05, 0) is 24.8 Å². The monoisotopic (exact) mass is 156 g/mol. The molecule has 1 rings (SSSR count). The Kier molecular flexibility index (Phi) is 3.27. The number of rotatable bonds is 3. The maximum atomic E-state index is 8.89. The molecule has 1 unspecified atom stereocenters. The summed E-state index contributed by atoms with van der Waals surface area (Å²) < 4.78 is 5.00. The zero-order valence-electron chi connectivity index (χ0n) is 7.05. The van der Waals surface area contributed by atoms with E-state index in [1.807, 2.05) is 0 Å². The lowest BCUT2D eigenvalue weighted by Crippen LogP contribution is -2.13. The Bertz CT molecular complexity index is 140. The third kappa shape index (κ3) is 2.83. The van der Waals surface area contributed by atoms with Crippen LogP contribution in [0.4, 0.5) is 0 Å². The molecule has 1 atom stereocenters. The van der Waals surface area contributed by atoms with E-state index in [-0.39, 0.29) is 5.95 Å². The van der Waals surface area contributed by atoms with Crippen molar-refractivity contribution in [1.82, 2.24) is 0 Å². The summed E-state index contributed by atoms with van der Waals surface area (Å²) in [6.45, 7) is 2.89. The van der Waals surface area contributed by atoms with Gasteiger partial charge in [-0.25, -0.2) is 0 Å². The van der Waals surface area contributed by atoms with Gasteiger partial charge in [0, 0.05) is 0 Å². The molecule has 2 heteroatoms. The van der Waals surface area contributed by atoms with Crippen LogP contribution in [-0.4, -0.2) is 11.7 Å². The molecule has 1 heterocycles. The first kappa shape index (κ1) is 8.44. The molecule has 0 aliphatic carbocycles. The number of allylic oxidation sites excluding steroid dienone is 1. The average molecular weight is 156 g/mol. The number of aliphatic hydroxyl groups excluding tert-OH is 1. The van der Waals surface area contributed by atoms with E-state index in [1.165, 1.54) is 19.3 Å². The summed E-state index contributed by atoms with van der Waals surface area (Å²) in [5.41, 5.74) is 0. The minimum absolute atomic E-state index is 0.109. The van der Waals surface area contributed by atoms with Gasteiger partial charge in [0.2, 0.25) is 0 Å². The lowest BCUT2D eigenvalue weighted by molar-refractivity contribution is 0.0503. The minimum Gasteiger partial charge on any atom is -0.481 e. The Morgan fingerprint density at radius 2 is 2.55 bits per heavy atom. The molecule has 1 N–H and O–H groups in total. The zero-order valence-corrected chi connectivity index (χ0v) is 7.05. The van der Waals surface area contributed by atoms with Crippen molar-refractivity contribution in [2.24, 2.45) is 5.92 Å². The highest BCUT2D eigenvalue weighted by molar-refractivity contribution is 4.88. The lowest BCUT2D eigenvalue weighted by atomic mass is 9.98. The van der Waals surface area contributed by atoms with Crippen LogP contribution >= 0.6 is 0 Å². The van der Waals surface area contributed by atoms with Crippen LogP contribution in [0.5, 0.6) is 0 Å². The standard InChI is InChI=1S/C9H16O2/c1-2-3-4-8-5-6-9(10)11-7-8/h6,8,10H,2-5,7H2,1H3. The van der Waals surface area contributed by atoms with E-state index in [9.17, 15) is 0 Å². The molecule has 0 aromatic rings. The largest absolute Gasteiger partial charge is 0.481 e. The molecule has 0 aromatic carbocycles. The predicted octanol–water partition coefficient (Wildman–Crippen LogP) is 2.61. The zero-order chi connectivity index (χ0) is 8.10. The van der Waals surface area contributed by atoms with E-state index >= 15 is 0 Å². The molecule has 0 aromatic heterocycles. The Morgan fingerprint density at radius 3 is 3.09 bits per heavy atom. The highest BCUT2D eigenvalue weighted by Gasteiger charge is 2.13. The highest BCUT2D eigenvalue weighted by atomic mass is 16.6. The predicted molar refractivity (Wildman–Crippen MR) is 44.3 cm³/mol. The van der Waals surface area contributed by atoms with Crippen LogP contribution in [0.2, 0.25) is 0 Å². The molecule has 0 bridgehead atoms. The maximum absolute atomic E-state index is 8.89. The van der Waals surface area contributed by atoms with Crippen molar-refractivity contribution in [2.45, 2.75) is 32.6 Å². The number of aliphatic hydroxyl groups is 1. The molecular formula is C9H16O2. The molecule has 64 valence electrons. The molecule has 2 nitrogen and oxygen atoms in total. The van der Waals surface area contributed by atoms with Crippen molar-refractivity contribution >= 4 is 0 Å². The second kappa shape index (κ2) is 4.27. The summed E-state index contributed by atoms with van der Waals surface area (Å²) in [6, 6.07) is 0. The van der Waals surface area contributed by atoms with Crippen molar-refractivity contribution in [2.75, 3.05) is 6.61 Å². The molecule has 1 aliphatic heterocycles. The molecule has 0 fully saturated rings. The minimum atomic E-state index is 0.109. The second-order valence-corrected chi connectivity index (χ2v) is 3.10. The van der Waals surface area contributed by atoms with Crippen LogP contribution in [-0.2, 0) is 4.74 Å². The lowest BCUT2D eigenvalue weighted by Gasteiger charge is -2.19. The van der Waals surface area contributed by atoms with Gasteiger partial charge in [0.1, 0.15) is 0 Å². The summed E-state index contributed by atoms with van der Waals surface area (Å²) in [7, 11) is 0. The maximum Gasteiger partial charge on any atom is 0.272 e. The summed E-state index contributed by atoms with van der Waals surface area (Å²) >= 11 is 0. The fourth-order valence-corrected chi connectivity index (χ4v) is 1.29. The fraction of sp³-hybridized carbons (Fsp3) is 0.778. The van der Waals surface area contributed by atoms with Crippen LogP contribution in [0, 0.1) is 5.92 Å². The van der Waals surface area contributed by atoms with Gasteiger partial charge in [0.05, 0.1) is 6.61 Å². The van der Waals surface area contributed by atoms with Crippen molar-refractivity contribution < 1.29 is 9.84 Å². The Balaban J connectivity index is 2.18. The first-order valence-corrected chi connectivity index (χ1v) is 4.35. The highest BCUT2D eigenvalue weighted by Crippen LogP contribution is 2.19. The molecular weight excluding hydrogens is 140 g/mol. The smallest absolute Gasteiger partial charge is 0.272 e. The first-order chi connectivity index (χ1) is 5.33. The fourth-order valence-electron chi connectivity index (χ4n) is 1.29. The Hall–Kier alpha value is -0.660. The third-order valence-electron chi connectivity index (χ3n) is 2.06. The van der Waals surface area contributed by atoms with Crippen molar-refractivity contribution in [3.63, 3.8) is 0 Å². The van der Waals surface area contributed by atoms with Gasteiger partial charge < -0.3 is 9.84 Å². The molecule has 1 aliphatic rings. The van der Waals surface area contributed by atoms with Gasteiger partial charge >= 0.3 is 0 Å². The van der Waals surface area contributed by atoms with Crippen molar-refractivity contribution in [1.29, 1.82) is 0 Å². The normalized spacial score (nSPS) is 24.1. The molecule has 0 radical (unpaired) electrons. The van der Waals surface area contributed by atoms with Crippen molar-refractivity contribution in [3.05, 3.63) is 12.0 Å². The Morgan fingerprint density at radius 1 is 1.73 bits per heavy atom. The van der Waals surface area contributed by atoms with Crippen LogP contribution in [0.1, 0.15) is 32.6 Å². The van der Waals surface area contributed by atoms with Crippen LogP contribution in [0.3, 0.4) is 0 Å². The SMILES string of the molecule is CCCCC1CC=C(O)OC1. The van der Waals surface area contributed by atoms with Crippen LogP contribution < -0.4 is 0 Å². The Labute approximate surface area is 67.9 Å². The molecule has 11 heavy (non-hydrogen) atoms. The summed E-state index contributed by atoms with van der Waals surface area (Å²) in [6.07, 6.45) is 6.48. The molecule has 0 spiro atoms. The second-order valence-electron chi connectivity index (χ2n) is 3.10. The quantitative estimate of drug-likeness (QED) is 0.680. The van der Waals surface area contributed by atoms with Crippen molar-refractivity contribution in [3.8, 4) is 0 Å². The first-order valence-electron chi connectivity index (χ1n) is 4.35. The van der Waals surface area contributed by atoms with E-state index < -0.39 is 0 Å². The van der Waals surface area contributed by atoms with Gasteiger partial charge in [-0.2, -0.15) is 0 Å². The number of unbranched alkanes of at least 4 members (excludes halogenated alkanes) is 1. The van der Waals surface area contributed by atoms with E-state index in [4.69, 9.17) is 9.84 Å². The topological polar surface area (TPSA) is 29.5 Å². The number of ether oxygens (including phenoxy) is 1. The number of hydrogen-bond acceptors (Lipinski definition) is 2. The molecule has 0 saturated carbocycles. The third-order valence-corrected chi connectivity index (χ3v) is 2.06. The summed E-state index contributed by atoms with van der Waals surface area (Å²) in [4.78, 5) is 0. The molecule has 0 amide bonds. The summed E-state index contributed by atoms with van der Waals surface area (Å²) in [5, 5.41) is 8.89. The number of hydrogen-bond donors (Lipinski definition) is 1. The van der Waals surface area contributed by atoms with E-state index in [0.717, 1.165) is 6.42 Å². The van der Waals surface area contributed by atoms with Gasteiger partial charge in [0.25, 0.3) is 5.95 Å². The van der Waals surface area contributed by atoms with Gasteiger partial charge in [0.15, 0.2) is 0 Å². The van der Waals surface area contributed by atoms with Gasteiger partial charge in [-0.15, -0.1) is 0 Å². The van der Waals surface area contributed by atoms with E-state index in [1.54, 1.807) is 6.08 Å². The average Bonchev–Trinajstić information content (AvgIpc) is 2.04. The van der Waals surface area contributed by atoms with Crippen LogP contribution in [0.25, 0.3) is 0 Å². The van der Waals surface area contributed by atoms with Gasteiger partial charge in [-0.3, -0.25) is 0 Å². The van der Waals surface area contributed by atoms with E-state index in [2.05, 4.69) is 6.92 Å². The van der Waals surface area contributed by atoms with E-state index in [0.29, 0.717) is 12.5 Å². The molecule has 0 saturated heterocycles. The van der Waals surface area contributed by atoms with Gasteiger partial charge in [-0.1, -0.05) is 19.8 Å².